The topological polar surface area (TPSA) is 53.4 Å². The zero-order valence-electron chi connectivity index (χ0n) is 6.71. The van der Waals surface area contributed by atoms with E-state index in [9.17, 15) is 5.11 Å². The third-order valence-electron chi connectivity index (χ3n) is 1.54. The number of halogens is 1. The summed E-state index contributed by atoms with van der Waals surface area (Å²) in [4.78, 5) is 3.85. The lowest BCUT2D eigenvalue weighted by atomic mass is 10.1. The first-order chi connectivity index (χ1) is 5.65. The molecular weight excluding hydrogens is 178 g/mol. The molecule has 0 aliphatic carbocycles. The molecule has 66 valence electrons. The second-order valence-electron chi connectivity index (χ2n) is 2.54. The number of nitrogens with zero attached hydrogens (tertiary/aromatic N) is 1. The quantitative estimate of drug-likeness (QED) is 0.686. The highest BCUT2D eigenvalue weighted by Crippen LogP contribution is 2.26. The van der Waals surface area contributed by atoms with Gasteiger partial charge in [0.25, 0.3) is 0 Å². The van der Waals surface area contributed by atoms with Crippen molar-refractivity contribution in [3.63, 3.8) is 0 Å². The Balaban J connectivity index is 3.09. The van der Waals surface area contributed by atoms with Gasteiger partial charge in [0.1, 0.15) is 0 Å². The average molecular weight is 188 g/mol. The van der Waals surface area contributed by atoms with Crippen LogP contribution in [-0.4, -0.2) is 21.8 Å². The van der Waals surface area contributed by atoms with Crippen LogP contribution in [0.4, 0.5) is 0 Å². The third kappa shape index (κ3) is 1.87. The summed E-state index contributed by atoms with van der Waals surface area (Å²) in [5, 5.41) is 18.1. The maximum absolute atomic E-state index is 9.35. The maximum Gasteiger partial charge on any atom is 0.171 e. The van der Waals surface area contributed by atoms with Crippen molar-refractivity contribution in [2.24, 2.45) is 0 Å². The minimum Gasteiger partial charge on any atom is -0.504 e. The molecule has 0 spiro atoms. The monoisotopic (exact) mass is 187 g/mol. The van der Waals surface area contributed by atoms with Crippen molar-refractivity contribution in [2.45, 2.75) is 13.3 Å². The zero-order valence-corrected chi connectivity index (χ0v) is 7.47. The molecule has 1 aromatic heterocycles. The van der Waals surface area contributed by atoms with Gasteiger partial charge in [-0.1, -0.05) is 11.6 Å². The smallest absolute Gasteiger partial charge is 0.171 e. The fourth-order valence-electron chi connectivity index (χ4n) is 1.00. The number of rotatable bonds is 2. The fraction of sp³-hybridized carbons (Fsp3) is 0.375. The minimum absolute atomic E-state index is 0.00660. The Morgan fingerprint density at radius 3 is 2.83 bits per heavy atom. The summed E-state index contributed by atoms with van der Waals surface area (Å²) in [6, 6.07) is 1.71. The van der Waals surface area contributed by atoms with Gasteiger partial charge in [-0.15, -0.1) is 0 Å². The molecule has 0 saturated carbocycles. The van der Waals surface area contributed by atoms with Crippen LogP contribution in [0.3, 0.4) is 0 Å². The van der Waals surface area contributed by atoms with Gasteiger partial charge >= 0.3 is 0 Å². The van der Waals surface area contributed by atoms with Crippen molar-refractivity contribution in [3.05, 3.63) is 22.5 Å². The van der Waals surface area contributed by atoms with Gasteiger partial charge < -0.3 is 10.2 Å². The van der Waals surface area contributed by atoms with E-state index in [1.807, 2.05) is 0 Å². The average Bonchev–Trinajstić information content (AvgIpc) is 2.00. The van der Waals surface area contributed by atoms with Crippen LogP contribution >= 0.6 is 11.6 Å². The third-order valence-corrected chi connectivity index (χ3v) is 1.80. The lowest BCUT2D eigenvalue weighted by Gasteiger charge is -2.04. The molecule has 0 bridgehead atoms. The Hall–Kier alpha value is -0.800. The summed E-state index contributed by atoms with van der Waals surface area (Å²) in [5.74, 6) is -0.0312. The molecule has 1 rings (SSSR count). The molecule has 0 amide bonds. The molecule has 0 saturated heterocycles. The molecule has 1 heterocycles. The molecule has 0 atom stereocenters. The molecule has 0 fully saturated rings. The largest absolute Gasteiger partial charge is 0.504 e. The Morgan fingerprint density at radius 1 is 1.58 bits per heavy atom. The molecule has 0 unspecified atom stereocenters. The SMILES string of the molecule is Cc1cc(CCO)c(O)c(Cl)n1. The number of hydrogen-bond acceptors (Lipinski definition) is 3. The zero-order chi connectivity index (χ0) is 9.14. The van der Waals surface area contributed by atoms with Crippen molar-refractivity contribution >= 4 is 11.6 Å². The highest BCUT2D eigenvalue weighted by Gasteiger charge is 2.07. The van der Waals surface area contributed by atoms with Crippen molar-refractivity contribution in [3.8, 4) is 5.75 Å². The van der Waals surface area contributed by atoms with E-state index in [4.69, 9.17) is 16.7 Å². The van der Waals surface area contributed by atoms with Crippen LogP contribution in [0.5, 0.6) is 5.75 Å². The molecule has 1 aromatic rings. The van der Waals surface area contributed by atoms with Crippen molar-refractivity contribution in [1.82, 2.24) is 4.98 Å². The molecule has 4 heteroatoms. The van der Waals surface area contributed by atoms with Gasteiger partial charge in [0.15, 0.2) is 10.9 Å². The van der Waals surface area contributed by atoms with E-state index in [0.717, 1.165) is 5.69 Å². The molecule has 0 radical (unpaired) electrons. The first kappa shape index (κ1) is 9.29. The van der Waals surface area contributed by atoms with Crippen LogP contribution in [-0.2, 0) is 6.42 Å². The number of hydrogen-bond donors (Lipinski definition) is 2. The van der Waals surface area contributed by atoms with Crippen LogP contribution < -0.4 is 0 Å². The molecular formula is C8H10ClNO2. The highest BCUT2D eigenvalue weighted by atomic mass is 35.5. The van der Waals surface area contributed by atoms with Gasteiger partial charge in [-0.25, -0.2) is 4.98 Å². The Morgan fingerprint density at radius 2 is 2.25 bits per heavy atom. The van der Waals surface area contributed by atoms with E-state index >= 15 is 0 Å². The molecule has 2 N–H and O–H groups in total. The standard InChI is InChI=1S/C8H10ClNO2/c1-5-4-6(2-3-11)7(12)8(9)10-5/h4,11-12H,2-3H2,1H3. The predicted octanol–water partition coefficient (Wildman–Crippen LogP) is 1.28. The van der Waals surface area contributed by atoms with Gasteiger partial charge in [0, 0.05) is 17.9 Å². The van der Waals surface area contributed by atoms with Gasteiger partial charge in [-0.2, -0.15) is 0 Å². The van der Waals surface area contributed by atoms with E-state index in [0.29, 0.717) is 12.0 Å². The van der Waals surface area contributed by atoms with E-state index in [1.165, 1.54) is 0 Å². The lowest BCUT2D eigenvalue weighted by Crippen LogP contribution is -1.94. The molecule has 3 nitrogen and oxygen atoms in total. The van der Waals surface area contributed by atoms with Crippen LogP contribution in [0.15, 0.2) is 6.07 Å². The number of aromatic hydroxyl groups is 1. The first-order valence-corrected chi connectivity index (χ1v) is 3.98. The predicted molar refractivity (Wildman–Crippen MR) is 46.4 cm³/mol. The number of aliphatic hydroxyl groups excluding tert-OH is 1. The Labute approximate surface area is 75.6 Å². The maximum atomic E-state index is 9.35. The Kier molecular flexibility index (Phi) is 2.89. The summed E-state index contributed by atoms with van der Waals surface area (Å²) in [6.45, 7) is 1.78. The number of aryl methyl sites for hydroxylation is 1. The van der Waals surface area contributed by atoms with E-state index in [-0.39, 0.29) is 17.5 Å². The molecule has 12 heavy (non-hydrogen) atoms. The van der Waals surface area contributed by atoms with Crippen LogP contribution in [0.25, 0.3) is 0 Å². The first-order valence-electron chi connectivity index (χ1n) is 3.61. The number of aromatic nitrogens is 1. The van der Waals surface area contributed by atoms with Crippen LogP contribution in [0.2, 0.25) is 5.15 Å². The summed E-state index contributed by atoms with van der Waals surface area (Å²) < 4.78 is 0. The van der Waals surface area contributed by atoms with E-state index < -0.39 is 0 Å². The number of pyridine rings is 1. The Bertz CT molecular complexity index is 289. The summed E-state index contributed by atoms with van der Waals surface area (Å²) >= 11 is 5.61. The summed E-state index contributed by atoms with van der Waals surface area (Å²) in [6.07, 6.45) is 0.398. The van der Waals surface area contributed by atoms with Crippen molar-refractivity contribution in [1.29, 1.82) is 0 Å². The van der Waals surface area contributed by atoms with E-state index in [1.54, 1.807) is 13.0 Å². The van der Waals surface area contributed by atoms with Gasteiger partial charge in [0.2, 0.25) is 0 Å². The van der Waals surface area contributed by atoms with E-state index in [2.05, 4.69) is 4.98 Å². The second-order valence-corrected chi connectivity index (χ2v) is 2.89. The second kappa shape index (κ2) is 3.74. The van der Waals surface area contributed by atoms with Crippen LogP contribution in [0, 0.1) is 6.92 Å². The van der Waals surface area contributed by atoms with Crippen molar-refractivity contribution < 1.29 is 10.2 Å². The summed E-state index contributed by atoms with van der Waals surface area (Å²) in [7, 11) is 0. The van der Waals surface area contributed by atoms with Gasteiger partial charge in [-0.05, 0) is 19.4 Å². The highest BCUT2D eigenvalue weighted by molar-refractivity contribution is 6.30. The molecule has 0 aliphatic rings. The van der Waals surface area contributed by atoms with Gasteiger partial charge in [0.05, 0.1) is 0 Å². The van der Waals surface area contributed by atoms with Crippen molar-refractivity contribution in [2.75, 3.05) is 6.61 Å². The minimum atomic E-state index is -0.0312. The normalized spacial score (nSPS) is 10.2. The fourth-order valence-corrected chi connectivity index (χ4v) is 1.26. The summed E-state index contributed by atoms with van der Waals surface area (Å²) in [5.41, 5.74) is 1.37. The molecule has 0 aliphatic heterocycles. The van der Waals surface area contributed by atoms with Gasteiger partial charge in [-0.3, -0.25) is 0 Å². The van der Waals surface area contributed by atoms with Crippen LogP contribution in [0.1, 0.15) is 11.3 Å². The molecule has 0 aromatic carbocycles. The lowest BCUT2D eigenvalue weighted by molar-refractivity contribution is 0.297. The number of aliphatic hydroxyl groups is 1.